The maximum Gasteiger partial charge on any atom is 0.332 e. The van der Waals surface area contributed by atoms with Gasteiger partial charge in [0.1, 0.15) is 12.0 Å². The maximum absolute atomic E-state index is 14.4. The summed E-state index contributed by atoms with van der Waals surface area (Å²) in [5, 5.41) is 6.66. The number of hydrogen-bond acceptors (Lipinski definition) is 5. The Morgan fingerprint density at radius 2 is 1.97 bits per heavy atom. The van der Waals surface area contributed by atoms with Crippen molar-refractivity contribution < 1.29 is 13.4 Å². The maximum atomic E-state index is 14.4. The minimum Gasteiger partial charge on any atom is -0.361 e. The molecular weight excluding hydrogens is 445 g/mol. The number of rotatable bonds is 6. The molecule has 11 heteroatoms. The molecule has 0 saturated heterocycles. The molecule has 0 aliphatic rings. The third-order valence-electron chi connectivity index (χ3n) is 4.81. The quantitative estimate of drug-likeness (QED) is 0.414. The molecule has 2 heterocycles. The van der Waals surface area contributed by atoms with Crippen LogP contribution in [0, 0.1) is 17.2 Å². The fourth-order valence-electron chi connectivity index (χ4n) is 3.18. The molecule has 3 rings (SSSR count). The van der Waals surface area contributed by atoms with Crippen molar-refractivity contribution in [1.82, 2.24) is 19.5 Å². The molecule has 0 spiro atoms. The van der Waals surface area contributed by atoms with Crippen LogP contribution < -0.4 is 10.0 Å². The van der Waals surface area contributed by atoms with Gasteiger partial charge < -0.3 is 10.2 Å². The topological polar surface area (TPSA) is 117 Å². The summed E-state index contributed by atoms with van der Waals surface area (Å²) >= 11 is 0. The fourth-order valence-corrected chi connectivity index (χ4v) is 4.06. The van der Waals surface area contributed by atoms with Gasteiger partial charge in [-0.3, -0.25) is 4.68 Å². The molecular formula is C22H24FN7O2S. The number of carbonyl (C=O) groups is 1. The number of nitrogens with one attached hydrogen (secondary N) is 3. The molecule has 0 aliphatic carbocycles. The van der Waals surface area contributed by atoms with Gasteiger partial charge in [-0.05, 0) is 61.2 Å². The summed E-state index contributed by atoms with van der Waals surface area (Å²) in [5.41, 5.74) is 1.60. The van der Waals surface area contributed by atoms with Crippen molar-refractivity contribution in [3.05, 3.63) is 65.5 Å². The lowest BCUT2D eigenvalue weighted by Crippen LogP contribution is -2.34. The van der Waals surface area contributed by atoms with E-state index < -0.39 is 21.8 Å². The zero-order chi connectivity index (χ0) is 24.3. The number of amides is 2. The SMILES string of the molecule is [C-]#[N+]c1cc(-c2cc(F)cc(C(C)C)c2NC(=O)NS(=N)(=O)c2ccn(C(C)C)n2)ccn1. The first-order chi connectivity index (χ1) is 15.5. The van der Waals surface area contributed by atoms with E-state index in [1.54, 1.807) is 12.3 Å². The molecule has 9 nitrogen and oxygen atoms in total. The van der Waals surface area contributed by atoms with Crippen LogP contribution in [0.4, 0.5) is 20.7 Å². The van der Waals surface area contributed by atoms with Crippen LogP contribution in [0.15, 0.2) is 47.8 Å². The third kappa shape index (κ3) is 5.35. The van der Waals surface area contributed by atoms with Gasteiger partial charge in [-0.2, -0.15) is 5.10 Å². The number of aromatic nitrogens is 3. The van der Waals surface area contributed by atoms with E-state index >= 15 is 0 Å². The third-order valence-corrected chi connectivity index (χ3v) is 6.09. The number of carbonyl (C=O) groups excluding carboxylic acids is 1. The normalized spacial score (nSPS) is 12.9. The number of anilines is 1. The van der Waals surface area contributed by atoms with Crippen LogP contribution in [0.3, 0.4) is 0 Å². The fraction of sp³-hybridized carbons (Fsp3) is 0.273. The van der Waals surface area contributed by atoms with Crippen LogP contribution in [0.2, 0.25) is 0 Å². The van der Waals surface area contributed by atoms with E-state index in [4.69, 9.17) is 11.4 Å². The van der Waals surface area contributed by atoms with Gasteiger partial charge in [0, 0.05) is 17.8 Å². The molecule has 0 saturated carbocycles. The number of hydrogen-bond donors (Lipinski definition) is 3. The van der Waals surface area contributed by atoms with Crippen molar-refractivity contribution >= 4 is 27.5 Å². The lowest BCUT2D eigenvalue weighted by atomic mass is 9.94. The molecule has 0 aliphatic heterocycles. The predicted molar refractivity (Wildman–Crippen MR) is 124 cm³/mol. The van der Waals surface area contributed by atoms with Gasteiger partial charge in [-0.15, -0.1) is 4.98 Å². The smallest absolute Gasteiger partial charge is 0.332 e. The Hall–Kier alpha value is -3.78. The van der Waals surface area contributed by atoms with Gasteiger partial charge >= 0.3 is 6.03 Å². The molecule has 0 bridgehead atoms. The lowest BCUT2D eigenvalue weighted by Gasteiger charge is -2.19. The van der Waals surface area contributed by atoms with Gasteiger partial charge in [0.05, 0.1) is 5.69 Å². The highest BCUT2D eigenvalue weighted by Gasteiger charge is 2.22. The van der Waals surface area contributed by atoms with Crippen LogP contribution in [0.1, 0.15) is 45.2 Å². The molecule has 2 aromatic heterocycles. The van der Waals surface area contributed by atoms with Gasteiger partial charge in [-0.1, -0.05) is 20.4 Å². The molecule has 1 aromatic carbocycles. The molecule has 0 fully saturated rings. The molecule has 0 radical (unpaired) electrons. The van der Waals surface area contributed by atoms with Crippen molar-refractivity contribution in [2.45, 2.75) is 44.7 Å². The highest BCUT2D eigenvalue weighted by Crippen LogP contribution is 2.36. The molecule has 3 N–H and O–H groups in total. The second kappa shape index (κ2) is 9.38. The molecule has 1 atom stereocenters. The Morgan fingerprint density at radius 3 is 2.58 bits per heavy atom. The predicted octanol–water partition coefficient (Wildman–Crippen LogP) is 5.48. The first kappa shape index (κ1) is 23.9. The van der Waals surface area contributed by atoms with Crippen molar-refractivity contribution in [1.29, 1.82) is 4.78 Å². The summed E-state index contributed by atoms with van der Waals surface area (Å²) in [6.45, 7) is 14.6. The monoisotopic (exact) mass is 469 g/mol. The Morgan fingerprint density at radius 1 is 1.24 bits per heavy atom. The average Bonchev–Trinajstić information content (AvgIpc) is 3.26. The van der Waals surface area contributed by atoms with E-state index in [2.05, 4.69) is 25.0 Å². The minimum absolute atomic E-state index is 0.00106. The Bertz CT molecular complexity index is 1340. The standard InChI is InChI=1S/C22H24FN7O2S/c1-13(2)17-11-16(23)12-18(15-6-8-26-19(10-15)25-5)21(17)27-22(31)29-33(24,32)20-7-9-30(28-20)14(3)4/h6-14H,1-4H3,(H3,24,27,29,31,32). The number of nitrogens with zero attached hydrogens (tertiary/aromatic N) is 4. The Kier molecular flexibility index (Phi) is 6.78. The van der Waals surface area contributed by atoms with Crippen molar-refractivity contribution in [2.75, 3.05) is 5.32 Å². The van der Waals surface area contributed by atoms with Gasteiger partial charge in [0.2, 0.25) is 0 Å². The molecule has 33 heavy (non-hydrogen) atoms. The molecule has 2 amide bonds. The number of halogens is 1. The zero-order valence-electron chi connectivity index (χ0n) is 18.6. The van der Waals surface area contributed by atoms with Crippen LogP contribution in [0.25, 0.3) is 16.0 Å². The van der Waals surface area contributed by atoms with Gasteiger partial charge in [0.15, 0.2) is 14.9 Å². The van der Waals surface area contributed by atoms with Gasteiger partial charge in [0.25, 0.3) is 5.82 Å². The van der Waals surface area contributed by atoms with Crippen LogP contribution in [-0.4, -0.2) is 25.0 Å². The summed E-state index contributed by atoms with van der Waals surface area (Å²) < 4.78 is 39.1. The van der Waals surface area contributed by atoms with Crippen LogP contribution >= 0.6 is 0 Å². The lowest BCUT2D eigenvalue weighted by molar-refractivity contribution is 0.256. The van der Waals surface area contributed by atoms with Gasteiger partial charge in [-0.25, -0.2) is 22.9 Å². The second-order valence-electron chi connectivity index (χ2n) is 7.93. The highest BCUT2D eigenvalue weighted by atomic mass is 32.2. The summed E-state index contributed by atoms with van der Waals surface area (Å²) in [6.07, 6.45) is 3.01. The zero-order valence-corrected chi connectivity index (χ0v) is 19.4. The molecule has 3 aromatic rings. The summed E-state index contributed by atoms with van der Waals surface area (Å²) in [5.74, 6) is -0.559. The summed E-state index contributed by atoms with van der Waals surface area (Å²) in [4.78, 5) is 20.0. The van der Waals surface area contributed by atoms with E-state index in [-0.39, 0.29) is 28.5 Å². The Balaban J connectivity index is 1.99. The average molecular weight is 470 g/mol. The highest BCUT2D eigenvalue weighted by molar-refractivity contribution is 7.91. The molecule has 1 unspecified atom stereocenters. The number of benzene rings is 1. The van der Waals surface area contributed by atoms with Crippen molar-refractivity contribution in [3.63, 3.8) is 0 Å². The number of urea groups is 1. The summed E-state index contributed by atoms with van der Waals surface area (Å²) in [7, 11) is -3.74. The van der Waals surface area contributed by atoms with E-state index in [1.165, 1.54) is 35.1 Å². The Labute approximate surface area is 192 Å². The van der Waals surface area contributed by atoms with Crippen molar-refractivity contribution in [2.24, 2.45) is 0 Å². The van der Waals surface area contributed by atoms with E-state index in [0.29, 0.717) is 16.7 Å². The van der Waals surface area contributed by atoms with E-state index in [1.807, 2.05) is 27.7 Å². The van der Waals surface area contributed by atoms with E-state index in [9.17, 15) is 13.4 Å². The largest absolute Gasteiger partial charge is 0.361 e. The van der Waals surface area contributed by atoms with Crippen LogP contribution in [0.5, 0.6) is 0 Å². The summed E-state index contributed by atoms with van der Waals surface area (Å²) in [6, 6.07) is 6.16. The van der Waals surface area contributed by atoms with Crippen molar-refractivity contribution in [3.8, 4) is 11.1 Å². The minimum atomic E-state index is -3.74. The van der Waals surface area contributed by atoms with E-state index in [0.717, 1.165) is 0 Å². The first-order valence-corrected chi connectivity index (χ1v) is 11.7. The van der Waals surface area contributed by atoms with Crippen LogP contribution in [-0.2, 0) is 9.92 Å². The number of pyridine rings is 1. The molecule has 172 valence electrons. The second-order valence-corrected chi connectivity index (χ2v) is 9.66. The first-order valence-electron chi connectivity index (χ1n) is 10.1.